The summed E-state index contributed by atoms with van der Waals surface area (Å²) in [5, 5.41) is 0. The minimum atomic E-state index is 0.0275. The van der Waals surface area contributed by atoms with Gasteiger partial charge in [-0.3, -0.25) is 9.78 Å². The lowest BCUT2D eigenvalue weighted by Gasteiger charge is -2.23. The van der Waals surface area contributed by atoms with Crippen molar-refractivity contribution in [3.05, 3.63) is 35.2 Å². The molecule has 3 rings (SSSR count). The van der Waals surface area contributed by atoms with Gasteiger partial charge in [-0.15, -0.1) is 0 Å². The summed E-state index contributed by atoms with van der Waals surface area (Å²) in [6.45, 7) is 6.58. The number of aromatic nitrogens is 3. The smallest absolute Gasteiger partial charge is 0.321 e. The molecular formula is C19H25N5O3. The summed E-state index contributed by atoms with van der Waals surface area (Å²) in [6.07, 6.45) is 0.846. The van der Waals surface area contributed by atoms with Crippen molar-refractivity contribution in [2.24, 2.45) is 0 Å². The fourth-order valence-electron chi connectivity index (χ4n) is 3.18. The number of ether oxygens (including phenoxy) is 2. The highest BCUT2D eigenvalue weighted by Gasteiger charge is 2.23. The first-order valence-corrected chi connectivity index (χ1v) is 8.97. The van der Waals surface area contributed by atoms with E-state index in [0.29, 0.717) is 31.1 Å². The molecule has 3 heterocycles. The number of nitrogens with zero attached hydrogens (tertiary/aromatic N) is 5. The largest absolute Gasteiger partial charge is 0.481 e. The highest BCUT2D eigenvalue weighted by Crippen LogP contribution is 2.22. The lowest BCUT2D eigenvalue weighted by molar-refractivity contribution is 0.0765. The zero-order valence-corrected chi connectivity index (χ0v) is 16.2. The molecule has 8 nitrogen and oxygen atoms in total. The highest BCUT2D eigenvalue weighted by atomic mass is 16.5. The van der Waals surface area contributed by atoms with Gasteiger partial charge in [0, 0.05) is 37.9 Å². The van der Waals surface area contributed by atoms with Gasteiger partial charge < -0.3 is 19.3 Å². The van der Waals surface area contributed by atoms with Crippen LogP contribution in [0.3, 0.4) is 0 Å². The first-order chi connectivity index (χ1) is 13.0. The molecule has 0 atom stereocenters. The van der Waals surface area contributed by atoms with E-state index >= 15 is 0 Å². The van der Waals surface area contributed by atoms with E-state index in [2.05, 4.69) is 19.9 Å². The lowest BCUT2D eigenvalue weighted by atomic mass is 10.1. The zero-order valence-electron chi connectivity index (χ0n) is 16.2. The van der Waals surface area contributed by atoms with Crippen molar-refractivity contribution >= 4 is 11.7 Å². The summed E-state index contributed by atoms with van der Waals surface area (Å²) in [6, 6.07) is 5.79. The summed E-state index contributed by atoms with van der Waals surface area (Å²) >= 11 is 0. The Labute approximate surface area is 159 Å². The minimum Gasteiger partial charge on any atom is -0.481 e. The predicted molar refractivity (Wildman–Crippen MR) is 102 cm³/mol. The van der Waals surface area contributed by atoms with Gasteiger partial charge in [-0.05, 0) is 32.4 Å². The van der Waals surface area contributed by atoms with Crippen molar-refractivity contribution in [2.75, 3.05) is 45.3 Å². The van der Waals surface area contributed by atoms with Crippen LogP contribution in [0.5, 0.6) is 11.9 Å². The van der Waals surface area contributed by atoms with E-state index in [1.165, 1.54) is 7.11 Å². The second-order valence-corrected chi connectivity index (χ2v) is 6.47. The van der Waals surface area contributed by atoms with E-state index in [9.17, 15) is 4.79 Å². The summed E-state index contributed by atoms with van der Waals surface area (Å²) in [5.74, 6) is 1.22. The molecule has 27 heavy (non-hydrogen) atoms. The van der Waals surface area contributed by atoms with Crippen LogP contribution in [0.15, 0.2) is 18.2 Å². The molecule has 0 radical (unpaired) electrons. The van der Waals surface area contributed by atoms with E-state index in [1.54, 1.807) is 13.2 Å². The van der Waals surface area contributed by atoms with E-state index in [0.717, 1.165) is 30.2 Å². The maximum Gasteiger partial charge on any atom is 0.321 e. The van der Waals surface area contributed by atoms with Crippen LogP contribution in [0.25, 0.3) is 0 Å². The van der Waals surface area contributed by atoms with Crippen LogP contribution in [0.2, 0.25) is 0 Å². The number of hydrogen-bond acceptors (Lipinski definition) is 7. The molecule has 0 aliphatic carbocycles. The fraction of sp³-hybridized carbons (Fsp3) is 0.474. The topological polar surface area (TPSA) is 80.7 Å². The van der Waals surface area contributed by atoms with Crippen molar-refractivity contribution in [1.29, 1.82) is 0 Å². The Hall–Kier alpha value is -2.90. The quantitative estimate of drug-likeness (QED) is 0.811. The van der Waals surface area contributed by atoms with Gasteiger partial charge in [0.2, 0.25) is 5.88 Å². The van der Waals surface area contributed by atoms with Gasteiger partial charge in [-0.25, -0.2) is 0 Å². The van der Waals surface area contributed by atoms with Crippen LogP contribution >= 0.6 is 0 Å². The average Bonchev–Trinajstić information content (AvgIpc) is 2.93. The Morgan fingerprint density at radius 2 is 1.81 bits per heavy atom. The van der Waals surface area contributed by atoms with Gasteiger partial charge in [-0.1, -0.05) is 0 Å². The van der Waals surface area contributed by atoms with Crippen LogP contribution < -0.4 is 14.4 Å². The SMILES string of the molecule is COc1cc(N2CCCN(C(=O)c3ccc(C)nc3C)CC2)nc(OC)n1. The molecule has 8 heteroatoms. The second kappa shape index (κ2) is 8.20. The molecule has 144 valence electrons. The Kier molecular flexibility index (Phi) is 5.73. The maximum atomic E-state index is 12.9. The summed E-state index contributed by atoms with van der Waals surface area (Å²) in [4.78, 5) is 29.9. The van der Waals surface area contributed by atoms with Crippen molar-refractivity contribution in [1.82, 2.24) is 19.9 Å². The first-order valence-electron chi connectivity index (χ1n) is 8.97. The molecule has 1 aliphatic heterocycles. The zero-order chi connectivity index (χ0) is 19.4. The minimum absolute atomic E-state index is 0.0275. The fourth-order valence-corrected chi connectivity index (χ4v) is 3.18. The van der Waals surface area contributed by atoms with Crippen molar-refractivity contribution in [3.63, 3.8) is 0 Å². The predicted octanol–water partition coefficient (Wildman–Crippen LogP) is 1.86. The number of rotatable bonds is 4. The van der Waals surface area contributed by atoms with Crippen LogP contribution in [0.1, 0.15) is 28.2 Å². The highest BCUT2D eigenvalue weighted by molar-refractivity contribution is 5.95. The molecule has 1 aliphatic rings. The van der Waals surface area contributed by atoms with Crippen molar-refractivity contribution in [3.8, 4) is 11.9 Å². The number of carbonyl (C=O) groups excluding carboxylic acids is 1. The average molecular weight is 371 g/mol. The molecule has 0 N–H and O–H groups in total. The maximum absolute atomic E-state index is 12.9. The van der Waals surface area contributed by atoms with E-state index in [4.69, 9.17) is 9.47 Å². The summed E-state index contributed by atoms with van der Waals surface area (Å²) in [5.41, 5.74) is 2.35. The number of hydrogen-bond donors (Lipinski definition) is 0. The number of carbonyl (C=O) groups is 1. The molecule has 0 unspecified atom stereocenters. The first kappa shape index (κ1) is 18.9. The third-order valence-corrected chi connectivity index (χ3v) is 4.62. The molecule has 2 aromatic heterocycles. The van der Waals surface area contributed by atoms with Gasteiger partial charge in [-0.2, -0.15) is 9.97 Å². The molecular weight excluding hydrogens is 346 g/mol. The van der Waals surface area contributed by atoms with Crippen LogP contribution in [-0.2, 0) is 0 Å². The molecule has 0 bridgehead atoms. The molecule has 2 aromatic rings. The lowest BCUT2D eigenvalue weighted by Crippen LogP contribution is -2.35. The standard InChI is InChI=1S/C19H25N5O3/c1-13-6-7-15(14(2)20-13)18(25)24-9-5-8-23(10-11-24)16-12-17(26-3)22-19(21-16)27-4/h6-7,12H,5,8-11H2,1-4H3. The number of methoxy groups -OCH3 is 2. The Bertz CT molecular complexity index is 805. The third kappa shape index (κ3) is 4.27. The van der Waals surface area contributed by atoms with Gasteiger partial charge in [0.15, 0.2) is 0 Å². The van der Waals surface area contributed by atoms with E-state index in [1.807, 2.05) is 30.9 Å². The monoisotopic (exact) mass is 371 g/mol. The van der Waals surface area contributed by atoms with Crippen molar-refractivity contribution in [2.45, 2.75) is 20.3 Å². The van der Waals surface area contributed by atoms with Gasteiger partial charge in [0.1, 0.15) is 5.82 Å². The normalized spacial score (nSPS) is 14.7. The van der Waals surface area contributed by atoms with Gasteiger partial charge in [0.25, 0.3) is 5.91 Å². The molecule has 0 saturated carbocycles. The number of pyridine rings is 1. The number of anilines is 1. The van der Waals surface area contributed by atoms with Gasteiger partial charge >= 0.3 is 6.01 Å². The van der Waals surface area contributed by atoms with Crippen LogP contribution in [0.4, 0.5) is 5.82 Å². The third-order valence-electron chi connectivity index (χ3n) is 4.62. The summed E-state index contributed by atoms with van der Waals surface area (Å²) in [7, 11) is 3.09. The van der Waals surface area contributed by atoms with Crippen LogP contribution in [0, 0.1) is 13.8 Å². The molecule has 1 amide bonds. The molecule has 0 aromatic carbocycles. The Morgan fingerprint density at radius 1 is 1.00 bits per heavy atom. The molecule has 0 spiro atoms. The Morgan fingerprint density at radius 3 is 2.52 bits per heavy atom. The number of aryl methyl sites for hydroxylation is 2. The van der Waals surface area contributed by atoms with Crippen LogP contribution in [-0.4, -0.2) is 66.2 Å². The number of amides is 1. The second-order valence-electron chi connectivity index (χ2n) is 6.47. The Balaban J connectivity index is 1.75. The van der Waals surface area contributed by atoms with Crippen molar-refractivity contribution < 1.29 is 14.3 Å². The van der Waals surface area contributed by atoms with Gasteiger partial charge in [0.05, 0.1) is 25.5 Å². The summed E-state index contributed by atoms with van der Waals surface area (Å²) < 4.78 is 10.4. The molecule has 1 fully saturated rings. The van der Waals surface area contributed by atoms with E-state index in [-0.39, 0.29) is 11.9 Å². The van der Waals surface area contributed by atoms with E-state index < -0.39 is 0 Å². The molecule has 1 saturated heterocycles.